The van der Waals surface area contributed by atoms with Gasteiger partial charge in [-0.05, 0) is 133 Å². The lowest BCUT2D eigenvalue weighted by molar-refractivity contribution is -0.385. The first-order chi connectivity index (χ1) is 69.4. The van der Waals surface area contributed by atoms with Gasteiger partial charge in [0.15, 0.2) is 60.3 Å². The van der Waals surface area contributed by atoms with Crippen molar-refractivity contribution >= 4 is 41.4 Å². The maximum Gasteiger partial charge on any atom is 0.330 e. The summed E-state index contributed by atoms with van der Waals surface area (Å²) in [6.07, 6.45) is -58.9. The number of aliphatic hydroxyl groups is 17. The number of amides is 6. The fourth-order valence-corrected chi connectivity index (χ4v) is 18.5. The molecule has 0 aliphatic carbocycles. The highest BCUT2D eigenvalue weighted by Crippen LogP contribution is 2.51. The summed E-state index contributed by atoms with van der Waals surface area (Å²) >= 11 is 0. The molecule has 52 nitrogen and oxygen atoms in total. The molecule has 0 aromatic heterocycles. The third-order valence-corrected chi connectivity index (χ3v) is 26.9. The number of aliphatic hydroxyl groups excluding tert-OH is 17. The van der Waals surface area contributed by atoms with E-state index in [0.29, 0.717) is 0 Å². The van der Waals surface area contributed by atoms with Crippen LogP contribution >= 0.6 is 0 Å². The number of carbonyl (C=O) groups is 7. The van der Waals surface area contributed by atoms with Crippen LogP contribution in [-0.4, -0.2) is 364 Å². The van der Waals surface area contributed by atoms with Gasteiger partial charge in [-0.1, -0.05) is 36.4 Å². The Bertz CT molecular complexity index is 5990. The molecule has 7 aromatic rings. The molecule has 0 radical (unpaired) electrons. The van der Waals surface area contributed by atoms with E-state index < -0.39 is 392 Å². The summed E-state index contributed by atoms with van der Waals surface area (Å²) in [5.74, 6) is -18.8. The fraction of sp³-hybridized carbons (Fsp3) is 0.479. The van der Waals surface area contributed by atoms with Crippen LogP contribution in [0, 0.1) is 6.92 Å². The number of carboxylic acids is 1. The molecule has 12 aliphatic heterocycles. The van der Waals surface area contributed by atoms with Gasteiger partial charge in [-0.3, -0.25) is 28.8 Å². The molecule has 7 aromatic carbocycles. The minimum Gasteiger partial charge on any atom is -0.508 e. The highest BCUT2D eigenvalue weighted by molar-refractivity contribution is 6.00. The van der Waals surface area contributed by atoms with Gasteiger partial charge in [0.1, 0.15) is 192 Å². The number of rotatable bonds is 16. The normalized spacial score (nSPS) is 36.4. The Morgan fingerprint density at radius 2 is 0.938 bits per heavy atom. The highest BCUT2D eigenvalue weighted by atomic mass is 16.8. The van der Waals surface area contributed by atoms with E-state index in [1.165, 1.54) is 39.0 Å². The maximum absolute atomic E-state index is 17.2. The summed E-state index contributed by atoms with van der Waals surface area (Å²) < 4.78 is 94.1. The van der Waals surface area contributed by atoms with E-state index in [1.54, 1.807) is 0 Å². The molecule has 30 unspecified atom stereocenters. The van der Waals surface area contributed by atoms with Crippen LogP contribution in [0.5, 0.6) is 69.0 Å². The molecule has 37 atom stereocenters. The maximum atomic E-state index is 17.2. The molecule has 12 aliphatic rings. The van der Waals surface area contributed by atoms with Crippen LogP contribution in [-0.2, 0) is 80.9 Å². The first-order valence-electron chi connectivity index (χ1n) is 46.0. The van der Waals surface area contributed by atoms with Gasteiger partial charge < -0.3 is 227 Å². The molecule has 0 spiro atoms. The lowest BCUT2D eigenvalue weighted by Gasteiger charge is -2.48. The number of hydrogen-bond donors (Lipinski definition) is 30. The van der Waals surface area contributed by atoms with E-state index in [9.17, 15) is 122 Å². The predicted octanol–water partition coefficient (Wildman–Crippen LogP) is -6.59. The second kappa shape index (κ2) is 43.0. The van der Waals surface area contributed by atoms with Gasteiger partial charge in [-0.25, -0.2) is 4.79 Å². The van der Waals surface area contributed by atoms with Crippen LogP contribution in [0.1, 0.15) is 107 Å². The summed E-state index contributed by atoms with van der Waals surface area (Å²) in [6, 6.07) is 3.38. The lowest BCUT2D eigenvalue weighted by Crippen LogP contribution is -2.67. The first kappa shape index (κ1) is 105. The number of aliphatic carboxylic acids is 1. The van der Waals surface area contributed by atoms with Crippen molar-refractivity contribution < 1.29 is 217 Å². The monoisotopic (exact) mass is 2050 g/mol. The van der Waals surface area contributed by atoms with E-state index in [1.807, 2.05) is 0 Å². The molecule has 6 amide bonds. The number of benzene rings is 7. The molecule has 52 heteroatoms. The van der Waals surface area contributed by atoms with Crippen LogP contribution in [0.25, 0.3) is 11.1 Å². The lowest BCUT2D eigenvalue weighted by atomic mass is 9.89. The van der Waals surface area contributed by atoms with E-state index in [-0.39, 0.29) is 33.8 Å². The van der Waals surface area contributed by atoms with Crippen LogP contribution in [0.4, 0.5) is 0 Å². The molecule has 788 valence electrons. The zero-order chi connectivity index (χ0) is 105. The Labute approximate surface area is 824 Å². The molecule has 17 bridgehead atoms. The van der Waals surface area contributed by atoms with Gasteiger partial charge in [0.2, 0.25) is 53.8 Å². The van der Waals surface area contributed by atoms with Gasteiger partial charge in [0.05, 0.1) is 44.7 Å². The minimum atomic E-state index is -2.62. The standard InChI is InChI=1S/C94H108N8O44/c1-29-46(108)17-36-19-48(29)138-49-18-34(8-15-45(49)107)58(96)83(124)101-63-67(112)32-4-10-39(11-5-32)136-51-20-37-21-52(80(51)144-94-82(75(120)71(116)55(142-94)28-133-90-77(122)72(117)66(111)31(3)135-90)146-93-81(74(119)70(115)54(26-104)141-93)145-91-76(121)68(113)47(109)27-132-91)137-40-12-6-33(7-13-40)79(143-56-24-43(95)65(110)30(2)134-56)64-88(129)100-62(89(130)131)42-22-38(105)23-50(139-92-78(123)73(118)69(114)53(25-103)140-92)57(42)41-16-35(9-14-44(41)106)59(84(125)102-64)97-86(127)61(37)98-85(126)60(36)99-87(63)128/h4-23,30-31,43,47,53-56,58-79,81-82,90-94,103-123H,24-28,95-96H2,1-3H3,(H,97,127)(H,98,126)(H,99,128)(H,100,129)(H,101,124)(H,102,125)(H,130,131)/t30?,31?,43?,47?,53?,54?,55?,56?,58-,59-,60+,61?,62+,63-,64?,65?,66?,67-,68?,69?,70?,71?,72?,73?,74?,75?,76?,77?,78?,79-,81?,82?,90?,91?,92?,93?,94?/m1/s1. The second-order valence-corrected chi connectivity index (χ2v) is 36.7. The smallest absolute Gasteiger partial charge is 0.330 e. The number of hydrogen-bond acceptors (Lipinski definition) is 45. The number of phenols is 4. The van der Waals surface area contributed by atoms with Gasteiger partial charge >= 0.3 is 5.97 Å². The molecule has 6 saturated heterocycles. The van der Waals surface area contributed by atoms with E-state index in [4.69, 9.17) is 82.5 Å². The number of fused-ring (bicyclic) bond motifs is 14. The SMILES string of the molecule is Cc1c(O)cc2cc1Oc1cc(ccc1O)[C@@H](N)C(=O)N[C@H]1C(=O)N[C@@H]2C(=O)NC2C(=O)N[C@H]3C(=O)NC(C(=O)N[C@H](C(=O)O)c4cc(O)cc(OC5OC(CO)C(O)C(O)C5O)c4-c4cc3ccc4O)[C@H](OC3CC(N)C(O)C(C)O3)c3ccc(cc3)Oc3cc2cc(c3OC2OC(COC3OC(C)C(O)C(O)C3O)C(O)C(O)C2OC2OC(CO)C(O)C(O)C2OC2OCC(O)C(O)C2O)Oc2ccc(cc2)[C@H]1O. The molecule has 0 saturated carbocycles. The highest BCUT2D eigenvalue weighted by Gasteiger charge is 2.57. The van der Waals surface area contributed by atoms with Crippen molar-refractivity contribution in [1.29, 1.82) is 0 Å². The average molecular weight is 2050 g/mol. The van der Waals surface area contributed by atoms with Crippen molar-refractivity contribution in [3.8, 4) is 80.1 Å². The molecular weight excluding hydrogens is 1950 g/mol. The summed E-state index contributed by atoms with van der Waals surface area (Å²) in [5.41, 5.74) is 8.78. The van der Waals surface area contributed by atoms with Gasteiger partial charge in [0, 0.05) is 40.8 Å². The van der Waals surface area contributed by atoms with Crippen LogP contribution < -0.4 is 67.1 Å². The van der Waals surface area contributed by atoms with Crippen molar-refractivity contribution in [2.24, 2.45) is 11.5 Å². The molecule has 6 fully saturated rings. The van der Waals surface area contributed by atoms with Crippen LogP contribution in [0.15, 0.2) is 121 Å². The molecule has 19 rings (SSSR count). The quantitative estimate of drug-likeness (QED) is 0.0428. The van der Waals surface area contributed by atoms with Crippen LogP contribution in [0.3, 0.4) is 0 Å². The van der Waals surface area contributed by atoms with E-state index >= 15 is 24.0 Å². The Hall–Kier alpha value is -12.1. The summed E-state index contributed by atoms with van der Waals surface area (Å²) in [7, 11) is 0. The Morgan fingerprint density at radius 3 is 1.58 bits per heavy atom. The first-order valence-corrected chi connectivity index (χ1v) is 46.0. The molecule has 146 heavy (non-hydrogen) atoms. The fourth-order valence-electron chi connectivity index (χ4n) is 18.5. The third kappa shape index (κ3) is 21.0. The van der Waals surface area contributed by atoms with Gasteiger partial charge in [-0.2, -0.15) is 0 Å². The third-order valence-electron chi connectivity index (χ3n) is 26.9. The number of nitrogens with two attached hydrogens (primary N) is 2. The molecule has 32 N–H and O–H groups in total. The van der Waals surface area contributed by atoms with Crippen LogP contribution in [0.2, 0.25) is 0 Å². The summed E-state index contributed by atoms with van der Waals surface area (Å²) in [6.45, 7) is 0.0823. The zero-order valence-electron chi connectivity index (χ0n) is 76.9. The number of nitrogens with one attached hydrogen (secondary N) is 6. The van der Waals surface area contributed by atoms with Gasteiger partial charge in [-0.15, -0.1) is 0 Å². The van der Waals surface area contributed by atoms with E-state index in [2.05, 4.69) is 31.9 Å². The second-order valence-electron chi connectivity index (χ2n) is 36.7. The Kier molecular flexibility index (Phi) is 31.0. The molecular formula is C94H108N8O44. The minimum absolute atomic E-state index is 0.0718. The van der Waals surface area contributed by atoms with Crippen molar-refractivity contribution in [3.63, 3.8) is 0 Å². The topological polar surface area (TPSA) is 827 Å². The number of ether oxygens (including phenoxy) is 15. The summed E-state index contributed by atoms with van der Waals surface area (Å²) in [5, 5.41) is 267. The average Bonchev–Trinajstić information content (AvgIpc) is 0.744. The predicted molar refractivity (Wildman–Crippen MR) is 479 cm³/mol. The number of aromatic hydroxyl groups is 4. The van der Waals surface area contributed by atoms with Crippen molar-refractivity contribution in [2.75, 3.05) is 26.4 Å². The number of phenolic OH excluding ortho intramolecular Hbond substituents is 4. The zero-order valence-corrected chi connectivity index (χ0v) is 76.9. The van der Waals surface area contributed by atoms with Crippen molar-refractivity contribution in [2.45, 2.75) is 254 Å². The van der Waals surface area contributed by atoms with Crippen molar-refractivity contribution in [3.05, 3.63) is 166 Å². The van der Waals surface area contributed by atoms with Gasteiger partial charge in [0.25, 0.3) is 0 Å². The van der Waals surface area contributed by atoms with E-state index in [0.717, 1.165) is 103 Å². The number of carbonyl (C=O) groups excluding carboxylic acids is 6. The molecule has 12 heterocycles. The van der Waals surface area contributed by atoms with Crippen molar-refractivity contribution in [1.82, 2.24) is 31.9 Å². The Balaban J connectivity index is 0.905. The largest absolute Gasteiger partial charge is 0.508 e. The number of carboxylic acid groups (broad SMARTS) is 1. The Morgan fingerprint density at radius 1 is 0.425 bits per heavy atom. The summed E-state index contributed by atoms with van der Waals surface area (Å²) in [4.78, 5) is 112.